The Morgan fingerprint density at radius 1 is 1.13 bits per heavy atom. The second-order valence-corrected chi connectivity index (χ2v) is 5.21. The fourth-order valence-electron chi connectivity index (χ4n) is 2.02. The van der Waals surface area contributed by atoms with E-state index in [1.807, 2.05) is 19.1 Å². The zero-order valence-electron chi connectivity index (χ0n) is 13.1. The summed E-state index contributed by atoms with van der Waals surface area (Å²) in [5, 5.41) is 3.73. The van der Waals surface area contributed by atoms with Crippen LogP contribution in [0, 0.1) is 5.82 Å². The van der Waals surface area contributed by atoms with E-state index in [9.17, 15) is 4.39 Å². The third-order valence-electron chi connectivity index (χ3n) is 3.16. The maximum Gasteiger partial charge on any atom is 0.180 e. The highest BCUT2D eigenvalue weighted by molar-refractivity contribution is 6.32. The summed E-state index contributed by atoms with van der Waals surface area (Å²) in [5.74, 6) is 0.809. The lowest BCUT2D eigenvalue weighted by molar-refractivity contribution is 0.284. The third-order valence-corrected chi connectivity index (χ3v) is 3.45. The van der Waals surface area contributed by atoms with Gasteiger partial charge < -0.3 is 14.8 Å². The number of hydrogen-bond acceptors (Lipinski definition) is 3. The van der Waals surface area contributed by atoms with Gasteiger partial charge in [0, 0.05) is 6.54 Å². The van der Waals surface area contributed by atoms with Crippen molar-refractivity contribution in [2.24, 2.45) is 0 Å². The van der Waals surface area contributed by atoms with Crippen LogP contribution in [0.15, 0.2) is 36.4 Å². The van der Waals surface area contributed by atoms with Gasteiger partial charge in [0.2, 0.25) is 0 Å². The van der Waals surface area contributed by atoms with E-state index < -0.39 is 0 Å². The van der Waals surface area contributed by atoms with Crippen LogP contribution in [0.4, 0.5) is 4.39 Å². The van der Waals surface area contributed by atoms with Crippen molar-refractivity contribution < 1.29 is 13.9 Å². The highest BCUT2D eigenvalue weighted by Gasteiger charge is 2.12. The highest BCUT2D eigenvalue weighted by Crippen LogP contribution is 2.37. The molecule has 3 nitrogen and oxygen atoms in total. The van der Waals surface area contributed by atoms with E-state index in [0.717, 1.165) is 17.7 Å². The lowest BCUT2D eigenvalue weighted by Gasteiger charge is -2.14. The van der Waals surface area contributed by atoms with Crippen LogP contribution in [-0.4, -0.2) is 13.7 Å². The summed E-state index contributed by atoms with van der Waals surface area (Å²) in [6.07, 6.45) is 0. The molecule has 0 spiro atoms. The van der Waals surface area contributed by atoms with Crippen LogP contribution in [0.3, 0.4) is 0 Å². The van der Waals surface area contributed by atoms with E-state index >= 15 is 0 Å². The molecule has 2 aromatic carbocycles. The number of hydrogen-bond donors (Lipinski definition) is 1. The number of ether oxygens (including phenoxy) is 2. The van der Waals surface area contributed by atoms with Crippen molar-refractivity contribution >= 4 is 24.0 Å². The first-order valence-corrected chi connectivity index (χ1v) is 7.46. The SMILES string of the molecule is CCNCc1cc(Cl)c(OCc2ccc(F)cc2)c(OC)c1.Cl. The molecule has 1 N–H and O–H groups in total. The highest BCUT2D eigenvalue weighted by atomic mass is 35.5. The molecule has 2 aromatic rings. The summed E-state index contributed by atoms with van der Waals surface area (Å²) in [7, 11) is 1.58. The van der Waals surface area contributed by atoms with Gasteiger partial charge in [0.25, 0.3) is 0 Å². The molecule has 0 bridgehead atoms. The maximum absolute atomic E-state index is 12.9. The fourth-order valence-corrected chi connectivity index (χ4v) is 2.31. The van der Waals surface area contributed by atoms with Crippen molar-refractivity contribution in [2.75, 3.05) is 13.7 Å². The predicted octanol–water partition coefficient (Wildman–Crippen LogP) is 4.60. The van der Waals surface area contributed by atoms with Crippen LogP contribution in [-0.2, 0) is 13.2 Å². The summed E-state index contributed by atoms with van der Waals surface area (Å²) in [6.45, 7) is 3.93. The number of nitrogens with one attached hydrogen (secondary N) is 1. The maximum atomic E-state index is 12.9. The molecule has 126 valence electrons. The van der Waals surface area contributed by atoms with Gasteiger partial charge >= 0.3 is 0 Å². The van der Waals surface area contributed by atoms with Crippen molar-refractivity contribution in [3.8, 4) is 11.5 Å². The molecule has 0 fully saturated rings. The number of benzene rings is 2. The van der Waals surface area contributed by atoms with Gasteiger partial charge in [0.05, 0.1) is 12.1 Å². The molecule has 0 saturated heterocycles. The second-order valence-electron chi connectivity index (χ2n) is 4.80. The van der Waals surface area contributed by atoms with Crippen LogP contribution < -0.4 is 14.8 Å². The molecule has 0 unspecified atom stereocenters. The molecular formula is C17H20Cl2FNO2. The van der Waals surface area contributed by atoms with Crippen molar-refractivity contribution in [1.29, 1.82) is 0 Å². The van der Waals surface area contributed by atoms with E-state index in [2.05, 4.69) is 5.32 Å². The third kappa shape index (κ3) is 5.57. The average Bonchev–Trinajstić information content (AvgIpc) is 2.53. The van der Waals surface area contributed by atoms with Crippen LogP contribution >= 0.6 is 24.0 Å². The molecule has 0 aliphatic heterocycles. The van der Waals surface area contributed by atoms with E-state index in [-0.39, 0.29) is 18.2 Å². The zero-order chi connectivity index (χ0) is 15.9. The van der Waals surface area contributed by atoms with Gasteiger partial charge in [-0.3, -0.25) is 0 Å². The van der Waals surface area contributed by atoms with Gasteiger partial charge in [-0.05, 0) is 41.9 Å². The normalized spacial score (nSPS) is 10.1. The van der Waals surface area contributed by atoms with Gasteiger partial charge in [0.15, 0.2) is 11.5 Å². The van der Waals surface area contributed by atoms with Crippen LogP contribution in [0.25, 0.3) is 0 Å². The monoisotopic (exact) mass is 359 g/mol. The lowest BCUT2D eigenvalue weighted by Crippen LogP contribution is -2.12. The topological polar surface area (TPSA) is 30.5 Å². The summed E-state index contributed by atoms with van der Waals surface area (Å²) in [5.41, 5.74) is 1.88. The Morgan fingerprint density at radius 3 is 2.43 bits per heavy atom. The Hall–Kier alpha value is -1.49. The summed E-state index contributed by atoms with van der Waals surface area (Å²) >= 11 is 6.29. The molecule has 0 heterocycles. The number of rotatable bonds is 7. The molecule has 0 aliphatic carbocycles. The van der Waals surface area contributed by atoms with Gasteiger partial charge in [-0.15, -0.1) is 12.4 Å². The van der Waals surface area contributed by atoms with Gasteiger partial charge in [-0.1, -0.05) is 30.7 Å². The van der Waals surface area contributed by atoms with Crippen molar-refractivity contribution in [2.45, 2.75) is 20.1 Å². The lowest BCUT2D eigenvalue weighted by atomic mass is 10.2. The molecule has 2 rings (SSSR count). The zero-order valence-corrected chi connectivity index (χ0v) is 14.6. The minimum absolute atomic E-state index is 0. The summed E-state index contributed by atoms with van der Waals surface area (Å²) < 4.78 is 24.0. The molecule has 0 atom stereocenters. The predicted molar refractivity (Wildman–Crippen MR) is 93.4 cm³/mol. The first kappa shape index (κ1) is 19.6. The fraction of sp³-hybridized carbons (Fsp3) is 0.294. The van der Waals surface area contributed by atoms with Gasteiger partial charge in [0.1, 0.15) is 12.4 Å². The minimum atomic E-state index is -0.271. The molecule has 23 heavy (non-hydrogen) atoms. The standard InChI is InChI=1S/C17H19ClFNO2.ClH/c1-3-20-10-13-8-15(18)17(16(9-13)21-2)22-11-12-4-6-14(19)7-5-12;/h4-9,20H,3,10-11H2,1-2H3;1H. The van der Waals surface area contributed by atoms with E-state index in [1.165, 1.54) is 12.1 Å². The average molecular weight is 360 g/mol. The Balaban J connectivity index is 0.00000264. The summed E-state index contributed by atoms with van der Waals surface area (Å²) in [6, 6.07) is 9.90. The molecule has 0 radical (unpaired) electrons. The Morgan fingerprint density at radius 2 is 1.83 bits per heavy atom. The van der Waals surface area contributed by atoms with Crippen LogP contribution in [0.2, 0.25) is 5.02 Å². The van der Waals surface area contributed by atoms with Crippen molar-refractivity contribution in [1.82, 2.24) is 5.32 Å². The Kier molecular flexibility index (Phi) is 8.17. The van der Waals surface area contributed by atoms with E-state index in [1.54, 1.807) is 19.2 Å². The first-order valence-electron chi connectivity index (χ1n) is 7.08. The van der Waals surface area contributed by atoms with Gasteiger partial charge in [-0.25, -0.2) is 4.39 Å². The second kappa shape index (κ2) is 9.60. The largest absolute Gasteiger partial charge is 0.493 e. The summed E-state index contributed by atoms with van der Waals surface area (Å²) in [4.78, 5) is 0. The molecule has 6 heteroatoms. The molecule has 0 amide bonds. The number of halogens is 3. The Labute approximate surface area is 147 Å². The molecule has 0 saturated carbocycles. The van der Waals surface area contributed by atoms with Crippen molar-refractivity contribution in [3.63, 3.8) is 0 Å². The minimum Gasteiger partial charge on any atom is -0.493 e. The van der Waals surface area contributed by atoms with Crippen LogP contribution in [0.1, 0.15) is 18.1 Å². The molecule has 0 aliphatic rings. The van der Waals surface area contributed by atoms with E-state index in [4.69, 9.17) is 21.1 Å². The van der Waals surface area contributed by atoms with E-state index in [0.29, 0.717) is 29.7 Å². The number of methoxy groups -OCH3 is 1. The smallest absolute Gasteiger partial charge is 0.180 e. The van der Waals surface area contributed by atoms with Gasteiger partial charge in [-0.2, -0.15) is 0 Å². The quantitative estimate of drug-likeness (QED) is 0.783. The van der Waals surface area contributed by atoms with Crippen LogP contribution in [0.5, 0.6) is 11.5 Å². The molecular weight excluding hydrogens is 340 g/mol. The Bertz CT molecular complexity index is 621. The first-order chi connectivity index (χ1) is 10.6. The molecule has 0 aromatic heterocycles. The van der Waals surface area contributed by atoms with Crippen molar-refractivity contribution in [3.05, 3.63) is 58.4 Å².